The molecule has 2 fully saturated rings. The first kappa shape index (κ1) is 27.0. The summed E-state index contributed by atoms with van der Waals surface area (Å²) in [6.45, 7) is 2.58. The maximum Gasteiger partial charge on any atom is 0.471 e. The minimum atomic E-state index is -4.83. The van der Waals surface area contributed by atoms with Crippen LogP contribution in [0.15, 0.2) is 60.7 Å². The van der Waals surface area contributed by atoms with Gasteiger partial charge in [0.15, 0.2) is 11.1 Å². The number of nitrogens with one attached hydrogen (secondary N) is 1. The smallest absolute Gasteiger partial charge is 0.433 e. The molecule has 0 spiro atoms. The van der Waals surface area contributed by atoms with Crippen molar-refractivity contribution in [2.45, 2.75) is 31.4 Å². The number of carbonyl (C=O) groups excluding carboxylic acids is 4. The van der Waals surface area contributed by atoms with Crippen LogP contribution in [0.1, 0.15) is 31.4 Å². The van der Waals surface area contributed by atoms with Crippen molar-refractivity contribution in [3.8, 4) is 0 Å². The molecule has 3 N–H and O–H groups in total. The van der Waals surface area contributed by atoms with Gasteiger partial charge in [-0.1, -0.05) is 67.6 Å². The number of phosphoric acid groups is 1. The molecule has 1 atom stereocenters. The number of benzene rings is 2. The Morgan fingerprint density at radius 3 is 1.81 bits per heavy atom. The lowest BCUT2D eigenvalue weighted by molar-refractivity contribution is -0.135. The molecule has 2 aliphatic heterocycles. The standard InChI is InChI=1S/C16H15N2O6P.C7H11NO3/c19-14-16(12-7-3-1-4-8-12,13-9-5-2-6-10-13)17-15(20)18(14)11-24-25(21,22)23;1-4-7(2)5(9)8(3)6(10)11-7/h1-10H,11H2,(H,17,20)(H2,21,22,23);4H2,1-3H3. The second kappa shape index (κ2) is 10.2. The van der Waals surface area contributed by atoms with Gasteiger partial charge in [0, 0.05) is 7.05 Å². The molecular formula is C23H26N3O9P. The number of urea groups is 1. The SMILES string of the molecule is CCC1(C)OC(=O)N(C)C1=O.O=C1NC(c2ccccc2)(c2ccccc2)C(=O)N1COP(=O)(O)O. The highest BCUT2D eigenvalue weighted by molar-refractivity contribution is 7.46. The van der Waals surface area contributed by atoms with Gasteiger partial charge in [0.05, 0.1) is 0 Å². The molecule has 4 rings (SSSR count). The maximum absolute atomic E-state index is 13.1. The third-order valence-electron chi connectivity index (χ3n) is 5.89. The van der Waals surface area contributed by atoms with Crippen LogP contribution in [0.4, 0.5) is 9.59 Å². The third kappa shape index (κ3) is 5.17. The van der Waals surface area contributed by atoms with Gasteiger partial charge in [0.25, 0.3) is 11.8 Å². The van der Waals surface area contributed by atoms with E-state index >= 15 is 0 Å². The number of likely N-dealkylation sites (N-methyl/N-ethyl adjacent to an activating group) is 1. The van der Waals surface area contributed by atoms with Crippen molar-refractivity contribution in [1.29, 1.82) is 0 Å². The Hall–Kier alpha value is -3.57. The first-order valence-electron chi connectivity index (χ1n) is 10.8. The van der Waals surface area contributed by atoms with Gasteiger partial charge in [-0.2, -0.15) is 0 Å². The summed E-state index contributed by atoms with van der Waals surface area (Å²) < 4.78 is 20.1. The van der Waals surface area contributed by atoms with Gasteiger partial charge in [0.2, 0.25) is 0 Å². The monoisotopic (exact) mass is 519 g/mol. The molecule has 36 heavy (non-hydrogen) atoms. The Morgan fingerprint density at radius 1 is 0.944 bits per heavy atom. The topological polar surface area (TPSA) is 163 Å². The second-order valence-electron chi connectivity index (χ2n) is 8.21. The lowest BCUT2D eigenvalue weighted by atomic mass is 9.83. The molecule has 0 bridgehead atoms. The summed E-state index contributed by atoms with van der Waals surface area (Å²) >= 11 is 0. The fourth-order valence-corrected chi connectivity index (χ4v) is 3.99. The molecule has 13 heteroatoms. The Kier molecular flexibility index (Phi) is 7.65. The van der Waals surface area contributed by atoms with Crippen molar-refractivity contribution < 1.29 is 42.8 Å². The number of hydrogen-bond acceptors (Lipinski definition) is 7. The zero-order valence-corrected chi connectivity index (χ0v) is 20.7. The number of amides is 5. The zero-order valence-electron chi connectivity index (χ0n) is 19.8. The molecule has 0 radical (unpaired) electrons. The Morgan fingerprint density at radius 2 is 1.44 bits per heavy atom. The van der Waals surface area contributed by atoms with Crippen LogP contribution in [0.25, 0.3) is 0 Å². The summed E-state index contributed by atoms with van der Waals surface area (Å²) in [7, 11) is -3.41. The molecule has 0 aromatic heterocycles. The minimum absolute atomic E-state index is 0.259. The first-order chi connectivity index (χ1) is 16.9. The van der Waals surface area contributed by atoms with E-state index in [-0.39, 0.29) is 5.91 Å². The Bertz CT molecular complexity index is 1160. The van der Waals surface area contributed by atoms with Crippen LogP contribution < -0.4 is 5.32 Å². The van der Waals surface area contributed by atoms with Gasteiger partial charge in [0.1, 0.15) is 6.73 Å². The van der Waals surface area contributed by atoms with Crippen molar-refractivity contribution in [1.82, 2.24) is 15.1 Å². The predicted molar refractivity (Wildman–Crippen MR) is 125 cm³/mol. The van der Waals surface area contributed by atoms with Crippen molar-refractivity contribution >= 4 is 31.8 Å². The van der Waals surface area contributed by atoms with Crippen LogP contribution in [-0.2, 0) is 29.0 Å². The van der Waals surface area contributed by atoms with Gasteiger partial charge >= 0.3 is 19.9 Å². The molecule has 1 unspecified atom stereocenters. The summed E-state index contributed by atoms with van der Waals surface area (Å²) in [5.41, 5.74) is -1.36. The molecular weight excluding hydrogens is 493 g/mol. The zero-order chi connectivity index (χ0) is 26.7. The average Bonchev–Trinajstić information content (AvgIpc) is 3.23. The fourth-order valence-electron chi connectivity index (χ4n) is 3.73. The van der Waals surface area contributed by atoms with Crippen LogP contribution in [0.2, 0.25) is 0 Å². The number of carbonyl (C=O) groups is 4. The molecule has 2 aliphatic rings. The third-order valence-corrected chi connectivity index (χ3v) is 6.34. The van der Waals surface area contributed by atoms with Crippen molar-refractivity contribution in [2.24, 2.45) is 0 Å². The van der Waals surface area contributed by atoms with Gasteiger partial charge in [-0.25, -0.2) is 24.0 Å². The van der Waals surface area contributed by atoms with E-state index in [0.29, 0.717) is 22.4 Å². The number of rotatable bonds is 6. The van der Waals surface area contributed by atoms with E-state index in [2.05, 4.69) is 9.84 Å². The number of ether oxygens (including phenoxy) is 1. The normalized spacial score (nSPS) is 21.1. The van der Waals surface area contributed by atoms with Gasteiger partial charge in [-0.05, 0) is 24.5 Å². The van der Waals surface area contributed by atoms with Crippen LogP contribution >= 0.6 is 7.82 Å². The van der Waals surface area contributed by atoms with Crippen LogP contribution in [0.3, 0.4) is 0 Å². The number of cyclic esters (lactones) is 1. The van der Waals surface area contributed by atoms with Crippen molar-refractivity contribution in [3.05, 3.63) is 71.8 Å². The lowest BCUT2D eigenvalue weighted by Crippen LogP contribution is -2.45. The van der Waals surface area contributed by atoms with Crippen molar-refractivity contribution in [2.75, 3.05) is 13.8 Å². The van der Waals surface area contributed by atoms with E-state index in [9.17, 15) is 23.7 Å². The molecule has 0 saturated carbocycles. The Balaban J connectivity index is 0.000000275. The minimum Gasteiger partial charge on any atom is -0.433 e. The summed E-state index contributed by atoms with van der Waals surface area (Å²) in [6, 6.07) is 16.4. The average molecular weight is 519 g/mol. The van der Waals surface area contributed by atoms with E-state index in [1.165, 1.54) is 7.05 Å². The quantitative estimate of drug-likeness (QED) is 0.384. The van der Waals surface area contributed by atoms with E-state index in [1.807, 2.05) is 6.92 Å². The second-order valence-corrected chi connectivity index (χ2v) is 9.45. The first-order valence-corrected chi connectivity index (χ1v) is 12.3. The van der Waals surface area contributed by atoms with Gasteiger partial charge < -0.3 is 19.8 Å². The van der Waals surface area contributed by atoms with E-state index in [4.69, 9.17) is 14.5 Å². The summed E-state index contributed by atoms with van der Waals surface area (Å²) in [5.74, 6) is -0.937. The molecule has 2 aromatic carbocycles. The van der Waals surface area contributed by atoms with E-state index < -0.39 is 43.7 Å². The molecule has 5 amide bonds. The molecule has 2 heterocycles. The fraction of sp³-hybridized carbons (Fsp3) is 0.304. The highest BCUT2D eigenvalue weighted by Gasteiger charge is 2.54. The molecule has 192 valence electrons. The number of hydrogen-bond donors (Lipinski definition) is 3. The summed E-state index contributed by atoms with van der Waals surface area (Å²) in [4.78, 5) is 66.8. The highest BCUT2D eigenvalue weighted by Crippen LogP contribution is 2.39. The maximum atomic E-state index is 13.1. The summed E-state index contributed by atoms with van der Waals surface area (Å²) in [6.07, 6.45) is -0.0404. The molecule has 2 saturated heterocycles. The summed E-state index contributed by atoms with van der Waals surface area (Å²) in [5, 5.41) is 2.64. The lowest BCUT2D eigenvalue weighted by Gasteiger charge is -2.27. The van der Waals surface area contributed by atoms with Gasteiger partial charge in [-0.3, -0.25) is 14.1 Å². The highest BCUT2D eigenvalue weighted by atomic mass is 31.2. The number of nitrogens with zero attached hydrogens (tertiary/aromatic N) is 2. The van der Waals surface area contributed by atoms with Crippen molar-refractivity contribution in [3.63, 3.8) is 0 Å². The van der Waals surface area contributed by atoms with E-state index in [1.54, 1.807) is 67.6 Å². The largest absolute Gasteiger partial charge is 0.471 e. The van der Waals surface area contributed by atoms with E-state index in [0.717, 1.165) is 4.90 Å². The van der Waals surface area contributed by atoms with Gasteiger partial charge in [-0.15, -0.1) is 0 Å². The molecule has 12 nitrogen and oxygen atoms in total. The van der Waals surface area contributed by atoms with Crippen LogP contribution in [-0.4, -0.2) is 62.9 Å². The number of imide groups is 2. The van der Waals surface area contributed by atoms with Crippen LogP contribution in [0.5, 0.6) is 0 Å². The molecule has 0 aliphatic carbocycles. The molecule has 2 aromatic rings. The predicted octanol–water partition coefficient (Wildman–Crippen LogP) is 2.31. The number of phosphoric ester groups is 1. The van der Waals surface area contributed by atoms with Crippen LogP contribution in [0, 0.1) is 0 Å². The Labute approximate surface area is 207 Å².